The Morgan fingerprint density at radius 1 is 1.18 bits per heavy atom. The molecule has 1 aromatic heterocycles. The van der Waals surface area contributed by atoms with Gasteiger partial charge in [-0.15, -0.1) is 0 Å². The molecule has 34 heavy (non-hydrogen) atoms. The first-order chi connectivity index (χ1) is 16.6. The Balaban J connectivity index is 1.38. The molecule has 0 radical (unpaired) electrons. The molecule has 1 saturated carbocycles. The highest BCUT2D eigenvalue weighted by molar-refractivity contribution is 5.85. The average molecular weight is 473 g/mol. The molecule has 188 valence electrons. The summed E-state index contributed by atoms with van der Waals surface area (Å²) >= 11 is 0. The molecule has 6 heteroatoms. The Morgan fingerprint density at radius 3 is 2.62 bits per heavy atom. The van der Waals surface area contributed by atoms with Crippen molar-refractivity contribution in [1.29, 1.82) is 0 Å². The van der Waals surface area contributed by atoms with Gasteiger partial charge in [-0.05, 0) is 81.3 Å². The number of pyridine rings is 1. The van der Waals surface area contributed by atoms with E-state index in [1.54, 1.807) is 19.4 Å². The first-order valence-corrected chi connectivity index (χ1v) is 13.1. The standard InChI is InChI=1S/C28H41FN2O3/c1-34-23-7-8-26-24(17-23)27(22(19-32)18-30-26)25(29)9-11-28(20-33)12-15-31(16-13-28)14-10-21-5-3-2-4-6-21/h7-8,17-18,21,25,32-33H,2-6,9-16,19-20H2,1H3/t25-/m1/s1. The monoisotopic (exact) mass is 472 g/mol. The molecule has 1 aromatic carbocycles. The number of benzene rings is 1. The predicted octanol–water partition coefficient (Wildman–Crippen LogP) is 5.57. The molecular formula is C28H41FN2O3. The summed E-state index contributed by atoms with van der Waals surface area (Å²) in [5, 5.41) is 20.8. The van der Waals surface area contributed by atoms with E-state index in [-0.39, 0.29) is 18.6 Å². The van der Waals surface area contributed by atoms with E-state index >= 15 is 4.39 Å². The molecule has 1 aliphatic carbocycles. The molecule has 0 bridgehead atoms. The first kappa shape index (κ1) is 25.3. The second-order valence-corrected chi connectivity index (χ2v) is 10.5. The van der Waals surface area contributed by atoms with Gasteiger partial charge >= 0.3 is 0 Å². The number of methoxy groups -OCH3 is 1. The quantitative estimate of drug-likeness (QED) is 0.473. The number of hydrogen-bond donors (Lipinski definition) is 2. The van der Waals surface area contributed by atoms with Crippen LogP contribution in [0, 0.1) is 11.3 Å². The Morgan fingerprint density at radius 2 is 1.94 bits per heavy atom. The van der Waals surface area contributed by atoms with E-state index in [1.807, 2.05) is 12.1 Å². The van der Waals surface area contributed by atoms with Gasteiger partial charge in [0.1, 0.15) is 11.9 Å². The summed E-state index contributed by atoms with van der Waals surface area (Å²) in [7, 11) is 1.59. The lowest BCUT2D eigenvalue weighted by Gasteiger charge is -2.41. The third-order valence-electron chi connectivity index (χ3n) is 8.44. The SMILES string of the molecule is COc1ccc2ncc(CO)c([C@H](F)CCC3(CO)CCN(CCC4CCCCC4)CC3)c2c1. The maximum atomic E-state index is 15.7. The number of piperidine rings is 1. The number of ether oxygens (including phenoxy) is 1. The second-order valence-electron chi connectivity index (χ2n) is 10.5. The van der Waals surface area contributed by atoms with Crippen LogP contribution in [0.4, 0.5) is 4.39 Å². The minimum atomic E-state index is -1.23. The minimum Gasteiger partial charge on any atom is -0.497 e. The van der Waals surface area contributed by atoms with Crippen molar-refractivity contribution in [1.82, 2.24) is 9.88 Å². The van der Waals surface area contributed by atoms with Crippen LogP contribution in [0.3, 0.4) is 0 Å². The highest BCUT2D eigenvalue weighted by Gasteiger charge is 2.35. The lowest BCUT2D eigenvalue weighted by Crippen LogP contribution is -2.42. The Hall–Kier alpha value is -1.76. The molecule has 2 heterocycles. The molecule has 4 rings (SSSR count). The second kappa shape index (κ2) is 11.8. The van der Waals surface area contributed by atoms with Gasteiger partial charge in [-0.3, -0.25) is 4.98 Å². The van der Waals surface area contributed by atoms with Crippen LogP contribution in [0.5, 0.6) is 5.75 Å². The van der Waals surface area contributed by atoms with Gasteiger partial charge in [0.25, 0.3) is 0 Å². The number of aliphatic hydroxyl groups excluding tert-OH is 2. The average Bonchev–Trinajstić information content (AvgIpc) is 2.90. The van der Waals surface area contributed by atoms with Crippen molar-refractivity contribution in [2.75, 3.05) is 33.4 Å². The van der Waals surface area contributed by atoms with Crippen molar-refractivity contribution >= 4 is 10.9 Å². The molecule has 1 aliphatic heterocycles. The normalized spacial score (nSPS) is 20.5. The van der Waals surface area contributed by atoms with Crippen LogP contribution in [0.15, 0.2) is 24.4 Å². The Labute approximate surface area is 203 Å². The van der Waals surface area contributed by atoms with Gasteiger partial charge in [-0.2, -0.15) is 0 Å². The van der Waals surface area contributed by atoms with Gasteiger partial charge in [-0.25, -0.2) is 4.39 Å². The number of hydrogen-bond acceptors (Lipinski definition) is 5. The highest BCUT2D eigenvalue weighted by atomic mass is 19.1. The third kappa shape index (κ3) is 5.89. The van der Waals surface area contributed by atoms with E-state index in [1.165, 1.54) is 38.5 Å². The Kier molecular flexibility index (Phi) is 8.78. The molecule has 2 aromatic rings. The largest absolute Gasteiger partial charge is 0.497 e. The molecule has 0 amide bonds. The van der Waals surface area contributed by atoms with Crippen molar-refractivity contribution in [2.24, 2.45) is 11.3 Å². The summed E-state index contributed by atoms with van der Waals surface area (Å²) < 4.78 is 21.1. The summed E-state index contributed by atoms with van der Waals surface area (Å²) in [6.45, 7) is 2.98. The van der Waals surface area contributed by atoms with Gasteiger partial charge in [0.05, 0.1) is 19.2 Å². The smallest absolute Gasteiger partial charge is 0.126 e. The zero-order valence-electron chi connectivity index (χ0n) is 20.6. The molecule has 2 N–H and O–H groups in total. The van der Waals surface area contributed by atoms with Gasteiger partial charge in [0, 0.05) is 29.3 Å². The molecule has 1 saturated heterocycles. The van der Waals surface area contributed by atoms with Crippen molar-refractivity contribution < 1.29 is 19.3 Å². The summed E-state index contributed by atoms with van der Waals surface area (Å²) in [6, 6.07) is 5.44. The first-order valence-electron chi connectivity index (χ1n) is 13.1. The summed E-state index contributed by atoms with van der Waals surface area (Å²) in [6.07, 6.45) is 11.4. The van der Waals surface area contributed by atoms with Gasteiger partial charge in [0.2, 0.25) is 0 Å². The number of fused-ring (bicyclic) bond motifs is 1. The van der Waals surface area contributed by atoms with Crippen LogP contribution in [-0.2, 0) is 6.61 Å². The summed E-state index contributed by atoms with van der Waals surface area (Å²) in [4.78, 5) is 6.93. The minimum absolute atomic E-state index is 0.105. The van der Waals surface area contributed by atoms with E-state index in [4.69, 9.17) is 4.74 Å². The van der Waals surface area contributed by atoms with Crippen LogP contribution in [0.1, 0.15) is 81.5 Å². The van der Waals surface area contributed by atoms with Gasteiger partial charge in [-0.1, -0.05) is 32.1 Å². The maximum absolute atomic E-state index is 15.7. The van der Waals surface area contributed by atoms with Crippen molar-refractivity contribution in [3.8, 4) is 5.75 Å². The van der Waals surface area contributed by atoms with E-state index in [2.05, 4.69) is 9.88 Å². The van der Waals surface area contributed by atoms with Crippen LogP contribution in [-0.4, -0.2) is 53.4 Å². The lowest BCUT2D eigenvalue weighted by atomic mass is 9.74. The number of alkyl halides is 1. The van der Waals surface area contributed by atoms with Crippen LogP contribution >= 0.6 is 0 Å². The number of likely N-dealkylation sites (tertiary alicyclic amines) is 1. The third-order valence-corrected chi connectivity index (χ3v) is 8.44. The topological polar surface area (TPSA) is 65.8 Å². The van der Waals surface area contributed by atoms with Crippen molar-refractivity contribution in [3.63, 3.8) is 0 Å². The number of halogens is 1. The zero-order chi connectivity index (χ0) is 24.0. The van der Waals surface area contributed by atoms with Crippen molar-refractivity contribution in [2.45, 2.75) is 77.0 Å². The van der Waals surface area contributed by atoms with E-state index in [9.17, 15) is 10.2 Å². The van der Waals surface area contributed by atoms with Crippen LogP contribution in [0.25, 0.3) is 10.9 Å². The zero-order valence-corrected chi connectivity index (χ0v) is 20.6. The molecule has 0 unspecified atom stereocenters. The Bertz CT molecular complexity index is 918. The predicted molar refractivity (Wildman–Crippen MR) is 134 cm³/mol. The van der Waals surface area contributed by atoms with Crippen LogP contribution in [0.2, 0.25) is 0 Å². The maximum Gasteiger partial charge on any atom is 0.126 e. The fourth-order valence-electron chi connectivity index (χ4n) is 6.01. The number of aliphatic hydroxyl groups is 2. The summed E-state index contributed by atoms with van der Waals surface area (Å²) in [5.41, 5.74) is 1.50. The molecular weight excluding hydrogens is 431 g/mol. The molecule has 0 spiro atoms. The van der Waals surface area contributed by atoms with Gasteiger partial charge < -0.3 is 19.8 Å². The van der Waals surface area contributed by atoms with Gasteiger partial charge in [0.15, 0.2) is 0 Å². The number of rotatable bonds is 10. The molecule has 2 aliphatic rings. The van der Waals surface area contributed by atoms with Crippen LogP contribution < -0.4 is 4.74 Å². The van der Waals surface area contributed by atoms with E-state index in [0.29, 0.717) is 40.6 Å². The van der Waals surface area contributed by atoms with Crippen molar-refractivity contribution in [3.05, 3.63) is 35.5 Å². The number of aromatic nitrogens is 1. The molecule has 1 atom stereocenters. The van der Waals surface area contributed by atoms with E-state index < -0.39 is 6.17 Å². The van der Waals surface area contributed by atoms with E-state index in [0.717, 1.165) is 38.4 Å². The fourth-order valence-corrected chi connectivity index (χ4v) is 6.01. The highest BCUT2D eigenvalue weighted by Crippen LogP contribution is 2.41. The summed E-state index contributed by atoms with van der Waals surface area (Å²) in [5.74, 6) is 1.53. The number of nitrogens with zero attached hydrogens (tertiary/aromatic N) is 2. The fraction of sp³-hybridized carbons (Fsp3) is 0.679. The molecule has 5 nitrogen and oxygen atoms in total. The molecule has 2 fully saturated rings. The lowest BCUT2D eigenvalue weighted by molar-refractivity contribution is 0.0281.